The van der Waals surface area contributed by atoms with Gasteiger partial charge in [0.2, 0.25) is 0 Å². The Morgan fingerprint density at radius 1 is 0.880 bits per heavy atom. The van der Waals surface area contributed by atoms with E-state index >= 15 is 0 Å². The number of halogens is 4. The molecule has 0 N–H and O–H groups in total. The molecule has 0 saturated heterocycles. The van der Waals surface area contributed by atoms with Gasteiger partial charge in [-0.05, 0) is 30.7 Å². The summed E-state index contributed by atoms with van der Waals surface area (Å²) in [4.78, 5) is 0. The van der Waals surface area contributed by atoms with E-state index in [4.69, 9.17) is 9.05 Å². The maximum absolute atomic E-state index is 13.9. The van der Waals surface area contributed by atoms with Gasteiger partial charge in [-0.2, -0.15) is 13.2 Å². The number of alkyl halides is 3. The van der Waals surface area contributed by atoms with Crippen molar-refractivity contribution in [2.75, 3.05) is 0 Å². The highest BCUT2D eigenvalue weighted by molar-refractivity contribution is 7.53. The molecule has 0 amide bonds. The minimum atomic E-state index is -4.56. The highest BCUT2D eigenvalue weighted by atomic mass is 31.2. The fourth-order valence-corrected chi connectivity index (χ4v) is 3.58. The van der Waals surface area contributed by atoms with Gasteiger partial charge < -0.3 is 9.05 Å². The molecule has 0 radical (unpaired) electrons. The number of para-hydroxylation sites is 2. The van der Waals surface area contributed by atoms with Crippen molar-refractivity contribution in [3.05, 3.63) is 83.5 Å². The van der Waals surface area contributed by atoms with Crippen molar-refractivity contribution in [2.24, 2.45) is 0 Å². The van der Waals surface area contributed by atoms with Gasteiger partial charge in [0.1, 0.15) is 5.75 Å². The van der Waals surface area contributed by atoms with Crippen molar-refractivity contribution in [1.29, 1.82) is 0 Å². The molecule has 0 bridgehead atoms. The van der Waals surface area contributed by atoms with Crippen LogP contribution in [0.1, 0.15) is 12.0 Å². The Bertz CT molecular complexity index is 815. The smallest absolute Gasteiger partial charge is 0.419 e. The Kier molecular flexibility index (Phi) is 5.09. The molecule has 130 valence electrons. The highest BCUT2D eigenvalue weighted by Gasteiger charge is 2.35. The highest BCUT2D eigenvalue weighted by Crippen LogP contribution is 2.51. The lowest BCUT2D eigenvalue weighted by molar-refractivity contribution is -0.138. The van der Waals surface area contributed by atoms with Gasteiger partial charge in [-0.15, -0.1) is 0 Å². The number of hydrogen-bond acceptors (Lipinski definition) is 2. The third kappa shape index (κ3) is 4.20. The summed E-state index contributed by atoms with van der Waals surface area (Å²) in [7, 11) is -1.96. The summed E-state index contributed by atoms with van der Waals surface area (Å²) in [5.74, 6) is -1.02. The maximum atomic E-state index is 13.9. The summed E-state index contributed by atoms with van der Waals surface area (Å²) < 4.78 is 64.5. The molecule has 0 fully saturated rings. The standard InChI is InChI=1S/C18H13F4O2P/c19-15-10-4-6-12-17(15)24-25(13-7-1-2-8-13)23-16-11-5-3-9-14(16)18(20,21)22/h1,3-12H,2H2. The Morgan fingerprint density at radius 3 is 2.16 bits per heavy atom. The van der Waals surface area contributed by atoms with Crippen LogP contribution in [-0.4, -0.2) is 0 Å². The molecule has 0 spiro atoms. The SMILES string of the molecule is Fc1ccccc1OP(Oc1ccccc1C(F)(F)F)C1=CCC=C1. The van der Waals surface area contributed by atoms with Gasteiger partial charge in [0.05, 0.1) is 10.9 Å². The summed E-state index contributed by atoms with van der Waals surface area (Å²) in [6, 6.07) is 10.6. The molecule has 3 rings (SSSR count). The zero-order valence-corrected chi connectivity index (χ0v) is 13.7. The summed E-state index contributed by atoms with van der Waals surface area (Å²) in [5, 5.41) is 0.593. The van der Waals surface area contributed by atoms with Crippen LogP contribution in [0.4, 0.5) is 17.6 Å². The van der Waals surface area contributed by atoms with Gasteiger partial charge in [-0.1, -0.05) is 42.5 Å². The van der Waals surface area contributed by atoms with Gasteiger partial charge >= 0.3 is 14.6 Å². The first-order valence-corrected chi connectivity index (χ1v) is 8.56. The predicted octanol–water partition coefficient (Wildman–Crippen LogP) is 6.46. The molecule has 0 heterocycles. The van der Waals surface area contributed by atoms with Crippen molar-refractivity contribution < 1.29 is 26.6 Å². The molecule has 2 nitrogen and oxygen atoms in total. The molecule has 0 aromatic heterocycles. The van der Waals surface area contributed by atoms with Crippen LogP contribution in [0.15, 0.2) is 72.1 Å². The topological polar surface area (TPSA) is 18.5 Å². The van der Waals surface area contributed by atoms with Crippen LogP contribution in [0.5, 0.6) is 11.5 Å². The minimum absolute atomic E-state index is 0.0701. The zero-order chi connectivity index (χ0) is 17.9. The molecule has 1 aliphatic carbocycles. The van der Waals surface area contributed by atoms with E-state index < -0.39 is 25.9 Å². The largest absolute Gasteiger partial charge is 0.435 e. The van der Waals surface area contributed by atoms with E-state index in [9.17, 15) is 17.6 Å². The predicted molar refractivity (Wildman–Crippen MR) is 87.9 cm³/mol. The van der Waals surface area contributed by atoms with Crippen molar-refractivity contribution >= 4 is 8.38 Å². The zero-order valence-electron chi connectivity index (χ0n) is 12.8. The average Bonchev–Trinajstić information content (AvgIpc) is 3.10. The molecule has 0 aliphatic heterocycles. The third-order valence-corrected chi connectivity index (χ3v) is 4.83. The fourth-order valence-electron chi connectivity index (χ4n) is 2.18. The molecule has 2 aromatic rings. The fraction of sp³-hybridized carbons (Fsp3) is 0.111. The normalized spacial score (nSPS) is 15.0. The Hall–Kier alpha value is -2.33. The van der Waals surface area contributed by atoms with E-state index in [1.54, 1.807) is 18.2 Å². The molecule has 7 heteroatoms. The number of rotatable bonds is 5. The first-order valence-electron chi connectivity index (χ1n) is 7.38. The minimum Gasteiger partial charge on any atom is -0.435 e. The first kappa shape index (κ1) is 17.5. The molecular formula is C18H13F4O2P. The van der Waals surface area contributed by atoms with Crippen molar-refractivity contribution in [1.82, 2.24) is 0 Å². The van der Waals surface area contributed by atoms with Gasteiger partial charge in [-0.25, -0.2) is 4.39 Å². The quantitative estimate of drug-likeness (QED) is 0.446. The van der Waals surface area contributed by atoms with Gasteiger partial charge in [-0.3, -0.25) is 0 Å². The van der Waals surface area contributed by atoms with Crippen molar-refractivity contribution in [3.8, 4) is 11.5 Å². The molecule has 0 saturated carbocycles. The number of hydrogen-bond donors (Lipinski definition) is 0. The second-order valence-electron chi connectivity index (χ2n) is 5.13. The van der Waals surface area contributed by atoms with Gasteiger partial charge in [0, 0.05) is 0 Å². The van der Waals surface area contributed by atoms with Crippen LogP contribution in [0, 0.1) is 5.82 Å². The lowest BCUT2D eigenvalue weighted by atomic mass is 10.2. The second-order valence-corrected chi connectivity index (χ2v) is 6.53. The van der Waals surface area contributed by atoms with E-state index in [1.807, 2.05) is 6.08 Å². The van der Waals surface area contributed by atoms with Crippen LogP contribution in [-0.2, 0) is 6.18 Å². The van der Waals surface area contributed by atoms with Crippen molar-refractivity contribution in [2.45, 2.75) is 12.6 Å². The summed E-state index contributed by atoms with van der Waals surface area (Å²) >= 11 is 0. The lowest BCUT2D eigenvalue weighted by Gasteiger charge is -2.21. The molecule has 1 unspecified atom stereocenters. The number of benzene rings is 2. The van der Waals surface area contributed by atoms with E-state index in [-0.39, 0.29) is 11.5 Å². The first-order chi connectivity index (χ1) is 11.9. The molecule has 1 aliphatic rings. The molecule has 2 aromatic carbocycles. The Labute approximate surface area is 143 Å². The van der Waals surface area contributed by atoms with Gasteiger partial charge in [0.25, 0.3) is 0 Å². The summed E-state index contributed by atoms with van der Waals surface area (Å²) in [6.07, 6.45) is 1.38. The summed E-state index contributed by atoms with van der Waals surface area (Å²) in [6.45, 7) is 0. The van der Waals surface area contributed by atoms with Crippen LogP contribution in [0.2, 0.25) is 0 Å². The Balaban J connectivity index is 1.92. The number of allylic oxidation sites excluding steroid dienone is 4. The molecule has 25 heavy (non-hydrogen) atoms. The monoisotopic (exact) mass is 368 g/mol. The van der Waals surface area contributed by atoms with E-state index in [0.29, 0.717) is 11.7 Å². The van der Waals surface area contributed by atoms with Crippen molar-refractivity contribution in [3.63, 3.8) is 0 Å². The average molecular weight is 368 g/mol. The van der Waals surface area contributed by atoms with Gasteiger partial charge in [0.15, 0.2) is 11.6 Å². The van der Waals surface area contributed by atoms with E-state index in [1.165, 1.54) is 36.4 Å². The molecular weight excluding hydrogens is 355 g/mol. The molecule has 1 atom stereocenters. The lowest BCUT2D eigenvalue weighted by Crippen LogP contribution is -2.08. The second kappa shape index (κ2) is 7.28. The van der Waals surface area contributed by atoms with Crippen LogP contribution in [0.3, 0.4) is 0 Å². The van der Waals surface area contributed by atoms with Crippen LogP contribution in [0.25, 0.3) is 0 Å². The Morgan fingerprint density at radius 2 is 1.52 bits per heavy atom. The van der Waals surface area contributed by atoms with Crippen LogP contribution >= 0.6 is 8.38 Å². The maximum Gasteiger partial charge on any atom is 0.419 e. The van der Waals surface area contributed by atoms with E-state index in [0.717, 1.165) is 6.07 Å². The third-order valence-electron chi connectivity index (χ3n) is 3.35. The van der Waals surface area contributed by atoms with E-state index in [2.05, 4.69) is 0 Å². The summed E-state index contributed by atoms with van der Waals surface area (Å²) in [5.41, 5.74) is -0.901. The van der Waals surface area contributed by atoms with Crippen LogP contribution < -0.4 is 9.05 Å².